The van der Waals surface area contributed by atoms with Gasteiger partial charge in [-0.25, -0.2) is 0 Å². The summed E-state index contributed by atoms with van der Waals surface area (Å²) in [7, 11) is 0. The fourth-order valence-corrected chi connectivity index (χ4v) is 1.23. The fourth-order valence-electron chi connectivity index (χ4n) is 1.23. The Morgan fingerprint density at radius 3 is 2.29 bits per heavy atom. The van der Waals surface area contributed by atoms with Crippen LogP contribution in [0.5, 0.6) is 0 Å². The Balaban J connectivity index is 3.15. The zero-order valence-corrected chi connectivity index (χ0v) is 8.74. The summed E-state index contributed by atoms with van der Waals surface area (Å²) < 4.78 is 4.15. The SMILES string of the molecule is CCCCCCCCC(=O)OC(O)O. The number of hydrogen-bond donors (Lipinski definition) is 2. The lowest BCUT2D eigenvalue weighted by Crippen LogP contribution is -2.16. The van der Waals surface area contributed by atoms with Crippen LogP contribution in [0.15, 0.2) is 0 Å². The van der Waals surface area contributed by atoms with Crippen molar-refractivity contribution in [3.05, 3.63) is 0 Å². The van der Waals surface area contributed by atoms with Gasteiger partial charge in [0.05, 0.1) is 0 Å². The number of rotatable bonds is 8. The molecule has 0 rings (SSSR count). The van der Waals surface area contributed by atoms with Gasteiger partial charge in [-0.3, -0.25) is 4.79 Å². The van der Waals surface area contributed by atoms with Gasteiger partial charge in [0.1, 0.15) is 0 Å². The third kappa shape index (κ3) is 9.48. The number of unbranched alkanes of at least 4 members (excludes halogenated alkanes) is 5. The number of hydrogen-bond acceptors (Lipinski definition) is 4. The molecule has 0 aliphatic carbocycles. The molecule has 0 aromatic carbocycles. The molecule has 0 aliphatic rings. The van der Waals surface area contributed by atoms with Crippen LogP contribution in [0.1, 0.15) is 51.9 Å². The minimum Gasteiger partial charge on any atom is -0.411 e. The van der Waals surface area contributed by atoms with Crippen molar-refractivity contribution in [2.45, 2.75) is 58.3 Å². The molecule has 0 saturated heterocycles. The van der Waals surface area contributed by atoms with Crippen LogP contribution in [0.3, 0.4) is 0 Å². The van der Waals surface area contributed by atoms with Crippen LogP contribution in [-0.2, 0) is 9.53 Å². The monoisotopic (exact) mass is 204 g/mol. The second-order valence-corrected chi connectivity index (χ2v) is 3.33. The standard InChI is InChI=1S/C10H20O4/c1-2-3-4-5-6-7-8-9(11)14-10(12)13/h10,12-13H,2-8H2,1H3. The zero-order valence-electron chi connectivity index (χ0n) is 8.74. The lowest BCUT2D eigenvalue weighted by molar-refractivity contribution is -0.229. The molecule has 0 saturated carbocycles. The van der Waals surface area contributed by atoms with Crippen LogP contribution >= 0.6 is 0 Å². The highest BCUT2D eigenvalue weighted by Crippen LogP contribution is 2.07. The van der Waals surface area contributed by atoms with Crippen LogP contribution in [0.2, 0.25) is 0 Å². The molecule has 4 nitrogen and oxygen atoms in total. The first-order valence-electron chi connectivity index (χ1n) is 5.22. The molecule has 0 radical (unpaired) electrons. The van der Waals surface area contributed by atoms with Gasteiger partial charge in [0.25, 0.3) is 0 Å². The normalized spacial score (nSPS) is 10.6. The summed E-state index contributed by atoms with van der Waals surface area (Å²) in [4.78, 5) is 10.8. The lowest BCUT2D eigenvalue weighted by atomic mass is 10.1. The van der Waals surface area contributed by atoms with Crippen LogP contribution in [0, 0.1) is 0 Å². The van der Waals surface area contributed by atoms with Gasteiger partial charge in [0.15, 0.2) is 0 Å². The summed E-state index contributed by atoms with van der Waals surface area (Å²) >= 11 is 0. The molecule has 0 spiro atoms. The number of carbonyl (C=O) groups is 1. The number of esters is 1. The number of aliphatic hydroxyl groups excluding tert-OH is 1. The maximum absolute atomic E-state index is 10.8. The summed E-state index contributed by atoms with van der Waals surface area (Å²) in [6.45, 7) is 0.183. The lowest BCUT2D eigenvalue weighted by Gasteiger charge is -2.05. The third-order valence-electron chi connectivity index (χ3n) is 1.97. The van der Waals surface area contributed by atoms with E-state index in [9.17, 15) is 4.79 Å². The molecule has 0 amide bonds. The quantitative estimate of drug-likeness (QED) is 0.357. The Hall–Kier alpha value is -0.610. The summed E-state index contributed by atoms with van der Waals surface area (Å²) in [6.07, 6.45) is 6.80. The van der Waals surface area contributed by atoms with E-state index in [4.69, 9.17) is 10.2 Å². The topological polar surface area (TPSA) is 66.8 Å². The molecule has 2 N–H and O–H groups in total. The molecule has 0 aromatic rings. The predicted octanol–water partition coefficient (Wildman–Crippen LogP) is 1.55. The second-order valence-electron chi connectivity index (χ2n) is 3.33. The molecule has 84 valence electrons. The maximum atomic E-state index is 10.8. The van der Waals surface area contributed by atoms with Crippen LogP contribution < -0.4 is 0 Å². The summed E-state index contributed by atoms with van der Waals surface area (Å²) in [5.74, 6) is -0.546. The van der Waals surface area contributed by atoms with E-state index in [1.807, 2.05) is 0 Å². The van der Waals surface area contributed by atoms with Gasteiger partial charge in [-0.05, 0) is 6.42 Å². The molecule has 4 heteroatoms. The van der Waals surface area contributed by atoms with Crippen LogP contribution in [-0.4, -0.2) is 22.7 Å². The molecule has 0 heterocycles. The van der Waals surface area contributed by atoms with Gasteiger partial charge >= 0.3 is 12.4 Å². The number of carbonyl (C=O) groups excluding carboxylic acids is 1. The highest BCUT2D eigenvalue weighted by molar-refractivity contribution is 5.69. The van der Waals surface area contributed by atoms with Gasteiger partial charge in [0, 0.05) is 6.42 Å². The van der Waals surface area contributed by atoms with E-state index in [1.54, 1.807) is 0 Å². The first-order chi connectivity index (χ1) is 6.66. The van der Waals surface area contributed by atoms with Crippen molar-refractivity contribution >= 4 is 5.97 Å². The van der Waals surface area contributed by atoms with E-state index in [0.29, 0.717) is 0 Å². The molecule has 0 fully saturated rings. The summed E-state index contributed by atoms with van der Waals surface area (Å²) in [5, 5.41) is 16.6. The zero-order chi connectivity index (χ0) is 10.8. The van der Waals surface area contributed by atoms with E-state index >= 15 is 0 Å². The molecule has 0 bridgehead atoms. The smallest absolute Gasteiger partial charge is 0.313 e. The Labute approximate surface area is 84.9 Å². The van der Waals surface area contributed by atoms with Gasteiger partial charge in [-0.15, -0.1) is 0 Å². The Bertz CT molecular complexity index is 145. The van der Waals surface area contributed by atoms with Crippen LogP contribution in [0.4, 0.5) is 0 Å². The average Bonchev–Trinajstić information content (AvgIpc) is 2.10. The highest BCUT2D eigenvalue weighted by atomic mass is 16.7. The summed E-state index contributed by atoms with van der Waals surface area (Å²) in [5.41, 5.74) is 0. The van der Waals surface area contributed by atoms with Gasteiger partial charge in [-0.2, -0.15) is 0 Å². The van der Waals surface area contributed by atoms with Gasteiger partial charge in [-0.1, -0.05) is 39.0 Å². The second kappa shape index (κ2) is 8.97. The third-order valence-corrected chi connectivity index (χ3v) is 1.97. The fraction of sp³-hybridized carbons (Fsp3) is 0.900. The molecule has 0 aromatic heterocycles. The van der Waals surface area contributed by atoms with Crippen molar-refractivity contribution in [1.82, 2.24) is 0 Å². The molecule has 0 atom stereocenters. The first kappa shape index (κ1) is 13.4. The van der Waals surface area contributed by atoms with Crippen molar-refractivity contribution in [2.75, 3.05) is 0 Å². The van der Waals surface area contributed by atoms with Crippen molar-refractivity contribution in [2.24, 2.45) is 0 Å². The van der Waals surface area contributed by atoms with E-state index in [1.165, 1.54) is 19.3 Å². The van der Waals surface area contributed by atoms with Crippen molar-refractivity contribution in [3.8, 4) is 0 Å². The Morgan fingerprint density at radius 2 is 1.71 bits per heavy atom. The number of ether oxygens (including phenoxy) is 1. The van der Waals surface area contributed by atoms with Gasteiger partial charge < -0.3 is 14.9 Å². The predicted molar refractivity (Wildman–Crippen MR) is 52.3 cm³/mol. The average molecular weight is 204 g/mol. The van der Waals surface area contributed by atoms with E-state index in [-0.39, 0.29) is 6.42 Å². The van der Waals surface area contributed by atoms with E-state index in [0.717, 1.165) is 19.3 Å². The molecule has 0 unspecified atom stereocenters. The first-order valence-corrected chi connectivity index (χ1v) is 5.22. The largest absolute Gasteiger partial charge is 0.411 e. The van der Waals surface area contributed by atoms with Crippen LogP contribution in [0.25, 0.3) is 0 Å². The number of aliphatic hydroxyl groups is 2. The van der Waals surface area contributed by atoms with E-state index < -0.39 is 12.4 Å². The van der Waals surface area contributed by atoms with Crippen molar-refractivity contribution in [3.63, 3.8) is 0 Å². The van der Waals surface area contributed by atoms with Gasteiger partial charge in [0.2, 0.25) is 0 Å². The van der Waals surface area contributed by atoms with E-state index in [2.05, 4.69) is 11.7 Å². The molecule has 14 heavy (non-hydrogen) atoms. The minimum atomic E-state index is -1.97. The summed E-state index contributed by atoms with van der Waals surface area (Å²) in [6, 6.07) is 0. The Kier molecular flexibility index (Phi) is 8.57. The molecular weight excluding hydrogens is 184 g/mol. The highest BCUT2D eigenvalue weighted by Gasteiger charge is 2.06. The maximum Gasteiger partial charge on any atom is 0.313 e. The Morgan fingerprint density at radius 1 is 1.14 bits per heavy atom. The minimum absolute atomic E-state index is 0.268. The molecular formula is C10H20O4. The van der Waals surface area contributed by atoms with Crippen molar-refractivity contribution in [1.29, 1.82) is 0 Å². The molecule has 0 aliphatic heterocycles. The van der Waals surface area contributed by atoms with Crippen molar-refractivity contribution < 1.29 is 19.7 Å².